The number of benzene rings is 1. The molecule has 4 nitrogen and oxygen atoms in total. The Hall–Kier alpha value is -1.55. The van der Waals surface area contributed by atoms with E-state index in [4.69, 9.17) is 15.6 Å². The van der Waals surface area contributed by atoms with Crippen molar-refractivity contribution in [3.8, 4) is 5.75 Å². The Morgan fingerprint density at radius 1 is 1.47 bits per heavy atom. The van der Waals surface area contributed by atoms with Crippen LogP contribution >= 0.6 is 0 Å². The van der Waals surface area contributed by atoms with Crippen LogP contribution in [0.25, 0.3) is 0 Å². The van der Waals surface area contributed by atoms with Crippen LogP contribution in [0.5, 0.6) is 5.75 Å². The summed E-state index contributed by atoms with van der Waals surface area (Å²) in [6.07, 6.45) is 1.27. The Morgan fingerprint density at radius 3 is 2.58 bits per heavy atom. The zero-order valence-corrected chi connectivity index (χ0v) is 12.1. The molecule has 0 amide bonds. The standard InChI is InChI=1S/C15H23NO3/c1-5-15(2,3)11-6-7-13(19-4)10(8-11)9-12(16)14(17)18/h6-8,12H,5,9,16H2,1-4H3,(H,17,18). The van der Waals surface area contributed by atoms with Crippen LogP contribution < -0.4 is 10.5 Å². The highest BCUT2D eigenvalue weighted by atomic mass is 16.5. The summed E-state index contributed by atoms with van der Waals surface area (Å²) in [4.78, 5) is 10.9. The van der Waals surface area contributed by atoms with E-state index in [-0.39, 0.29) is 11.8 Å². The van der Waals surface area contributed by atoms with Crippen molar-refractivity contribution in [1.29, 1.82) is 0 Å². The molecular formula is C15H23NO3. The van der Waals surface area contributed by atoms with Crippen LogP contribution in [0.4, 0.5) is 0 Å². The fraction of sp³-hybridized carbons (Fsp3) is 0.533. The van der Waals surface area contributed by atoms with Gasteiger partial charge in [0.2, 0.25) is 0 Å². The second-order valence-electron chi connectivity index (χ2n) is 5.41. The number of nitrogens with two attached hydrogens (primary N) is 1. The molecule has 0 saturated heterocycles. The predicted molar refractivity (Wildman–Crippen MR) is 75.6 cm³/mol. The number of hydrogen-bond donors (Lipinski definition) is 2. The molecule has 3 N–H and O–H groups in total. The minimum absolute atomic E-state index is 0.0499. The molecule has 1 aromatic rings. The first-order valence-electron chi connectivity index (χ1n) is 6.47. The third kappa shape index (κ3) is 3.70. The molecule has 19 heavy (non-hydrogen) atoms. The highest BCUT2D eigenvalue weighted by Crippen LogP contribution is 2.31. The summed E-state index contributed by atoms with van der Waals surface area (Å²) in [5.41, 5.74) is 7.67. The van der Waals surface area contributed by atoms with E-state index >= 15 is 0 Å². The lowest BCUT2D eigenvalue weighted by molar-refractivity contribution is -0.138. The molecule has 1 rings (SSSR count). The maximum Gasteiger partial charge on any atom is 0.320 e. The summed E-state index contributed by atoms with van der Waals surface area (Å²) < 4.78 is 5.28. The fourth-order valence-electron chi connectivity index (χ4n) is 1.89. The van der Waals surface area contributed by atoms with Crippen molar-refractivity contribution in [3.63, 3.8) is 0 Å². The summed E-state index contributed by atoms with van der Waals surface area (Å²) in [7, 11) is 1.58. The average molecular weight is 265 g/mol. The highest BCUT2D eigenvalue weighted by molar-refractivity contribution is 5.73. The molecule has 0 aliphatic rings. The number of carbonyl (C=O) groups is 1. The molecule has 0 bridgehead atoms. The Morgan fingerprint density at radius 2 is 2.11 bits per heavy atom. The maximum absolute atomic E-state index is 10.9. The molecule has 1 aromatic carbocycles. The summed E-state index contributed by atoms with van der Waals surface area (Å²) in [6, 6.07) is 5.01. The van der Waals surface area contributed by atoms with E-state index in [0.29, 0.717) is 5.75 Å². The molecule has 0 aliphatic heterocycles. The number of methoxy groups -OCH3 is 1. The predicted octanol–water partition coefficient (Wildman–Crippen LogP) is 2.34. The van der Waals surface area contributed by atoms with Gasteiger partial charge in [-0.15, -0.1) is 0 Å². The number of rotatable bonds is 6. The van der Waals surface area contributed by atoms with Crippen LogP contribution in [-0.2, 0) is 16.6 Å². The van der Waals surface area contributed by atoms with Crippen molar-refractivity contribution < 1.29 is 14.6 Å². The van der Waals surface area contributed by atoms with Gasteiger partial charge < -0.3 is 15.6 Å². The van der Waals surface area contributed by atoms with Gasteiger partial charge >= 0.3 is 5.97 Å². The van der Waals surface area contributed by atoms with Crippen molar-refractivity contribution in [2.45, 2.75) is 45.1 Å². The van der Waals surface area contributed by atoms with Crippen molar-refractivity contribution in [1.82, 2.24) is 0 Å². The first-order chi connectivity index (χ1) is 8.81. The molecule has 0 fully saturated rings. The van der Waals surface area contributed by atoms with Crippen molar-refractivity contribution in [3.05, 3.63) is 29.3 Å². The molecule has 0 aliphatic carbocycles. The lowest BCUT2D eigenvalue weighted by Crippen LogP contribution is -2.32. The fourth-order valence-corrected chi connectivity index (χ4v) is 1.89. The Bertz CT molecular complexity index is 455. The lowest BCUT2D eigenvalue weighted by Gasteiger charge is -2.25. The SMILES string of the molecule is CCC(C)(C)c1ccc(OC)c(CC(N)C(=O)O)c1. The van der Waals surface area contributed by atoms with Crippen LogP contribution in [0.2, 0.25) is 0 Å². The molecule has 0 radical (unpaired) electrons. The second kappa shape index (κ2) is 6.06. The van der Waals surface area contributed by atoms with Gasteiger partial charge in [-0.05, 0) is 29.0 Å². The summed E-state index contributed by atoms with van der Waals surface area (Å²) in [5, 5.41) is 8.92. The van der Waals surface area contributed by atoms with Gasteiger partial charge in [-0.2, -0.15) is 0 Å². The molecule has 4 heteroatoms. The zero-order valence-electron chi connectivity index (χ0n) is 12.1. The largest absolute Gasteiger partial charge is 0.496 e. The minimum atomic E-state index is -0.998. The molecule has 0 heterocycles. The Kier molecular flexibility index (Phi) is 4.95. The molecular weight excluding hydrogens is 242 g/mol. The van der Waals surface area contributed by atoms with E-state index in [1.54, 1.807) is 7.11 Å². The van der Waals surface area contributed by atoms with E-state index in [0.717, 1.165) is 12.0 Å². The number of carboxylic acid groups (broad SMARTS) is 1. The third-order valence-corrected chi connectivity index (χ3v) is 3.70. The quantitative estimate of drug-likeness (QED) is 0.828. The number of ether oxygens (including phenoxy) is 1. The topological polar surface area (TPSA) is 72.5 Å². The van der Waals surface area contributed by atoms with Crippen LogP contribution in [0.1, 0.15) is 38.3 Å². The molecule has 1 unspecified atom stereocenters. The van der Waals surface area contributed by atoms with E-state index in [9.17, 15) is 4.79 Å². The van der Waals surface area contributed by atoms with Gasteiger partial charge in [-0.1, -0.05) is 32.9 Å². The van der Waals surface area contributed by atoms with Gasteiger partial charge in [0, 0.05) is 6.42 Å². The van der Waals surface area contributed by atoms with Gasteiger partial charge in [0.05, 0.1) is 7.11 Å². The molecule has 0 spiro atoms. The summed E-state index contributed by atoms with van der Waals surface area (Å²) >= 11 is 0. The molecule has 106 valence electrons. The van der Waals surface area contributed by atoms with Crippen LogP contribution in [0, 0.1) is 0 Å². The van der Waals surface area contributed by atoms with Crippen LogP contribution in [-0.4, -0.2) is 24.2 Å². The first-order valence-corrected chi connectivity index (χ1v) is 6.47. The number of carboxylic acids is 1. The second-order valence-corrected chi connectivity index (χ2v) is 5.41. The smallest absolute Gasteiger partial charge is 0.320 e. The van der Waals surface area contributed by atoms with Crippen molar-refractivity contribution in [2.75, 3.05) is 7.11 Å². The lowest BCUT2D eigenvalue weighted by atomic mass is 9.81. The molecule has 0 saturated carbocycles. The van der Waals surface area contributed by atoms with E-state index in [1.807, 2.05) is 18.2 Å². The number of aliphatic carboxylic acids is 1. The van der Waals surface area contributed by atoms with Gasteiger partial charge in [0.15, 0.2) is 0 Å². The monoisotopic (exact) mass is 265 g/mol. The van der Waals surface area contributed by atoms with Gasteiger partial charge in [-0.3, -0.25) is 4.79 Å². The Balaban J connectivity index is 3.13. The van der Waals surface area contributed by atoms with Crippen molar-refractivity contribution >= 4 is 5.97 Å². The molecule has 0 aromatic heterocycles. The highest BCUT2D eigenvalue weighted by Gasteiger charge is 2.21. The first kappa shape index (κ1) is 15.5. The average Bonchev–Trinajstić information content (AvgIpc) is 2.38. The number of hydrogen-bond acceptors (Lipinski definition) is 3. The van der Waals surface area contributed by atoms with Gasteiger partial charge in [0.25, 0.3) is 0 Å². The van der Waals surface area contributed by atoms with E-state index < -0.39 is 12.0 Å². The van der Waals surface area contributed by atoms with Crippen LogP contribution in [0.3, 0.4) is 0 Å². The third-order valence-electron chi connectivity index (χ3n) is 3.70. The zero-order chi connectivity index (χ0) is 14.6. The summed E-state index contributed by atoms with van der Waals surface area (Å²) in [6.45, 7) is 6.46. The van der Waals surface area contributed by atoms with E-state index in [2.05, 4.69) is 20.8 Å². The minimum Gasteiger partial charge on any atom is -0.496 e. The van der Waals surface area contributed by atoms with E-state index in [1.165, 1.54) is 5.56 Å². The summed E-state index contributed by atoms with van der Waals surface area (Å²) in [5.74, 6) is -0.311. The Labute approximate surface area is 114 Å². The van der Waals surface area contributed by atoms with Gasteiger partial charge in [0.1, 0.15) is 11.8 Å². The molecule has 1 atom stereocenters. The van der Waals surface area contributed by atoms with Crippen molar-refractivity contribution in [2.24, 2.45) is 5.73 Å². The maximum atomic E-state index is 10.9. The van der Waals surface area contributed by atoms with Crippen LogP contribution in [0.15, 0.2) is 18.2 Å². The normalized spacial score (nSPS) is 13.1. The van der Waals surface area contributed by atoms with Gasteiger partial charge in [-0.25, -0.2) is 0 Å².